The van der Waals surface area contributed by atoms with E-state index in [9.17, 15) is 30.6 Å². The van der Waals surface area contributed by atoms with Gasteiger partial charge in [-0.2, -0.15) is 21.0 Å². The van der Waals surface area contributed by atoms with Crippen LogP contribution in [0.15, 0.2) is 24.3 Å². The summed E-state index contributed by atoms with van der Waals surface area (Å²) in [4.78, 5) is 25.3. The molecule has 3 rings (SSSR count). The second kappa shape index (κ2) is 3.34. The van der Waals surface area contributed by atoms with Gasteiger partial charge < -0.3 is 0 Å². The molecule has 0 bridgehead atoms. The third kappa shape index (κ3) is 0.837. The number of rotatable bonds is 0. The van der Waals surface area contributed by atoms with Crippen molar-refractivity contribution < 1.29 is 9.59 Å². The zero-order chi connectivity index (χ0) is 15.5. The topological polar surface area (TPSA) is 129 Å². The Labute approximate surface area is 119 Å². The smallest absolute Gasteiger partial charge is 0.199 e. The van der Waals surface area contributed by atoms with Crippen LogP contribution in [0.2, 0.25) is 0 Å². The maximum absolute atomic E-state index is 12.6. The lowest BCUT2D eigenvalue weighted by molar-refractivity contribution is 0.0782. The van der Waals surface area contributed by atoms with Gasteiger partial charge >= 0.3 is 0 Å². The summed E-state index contributed by atoms with van der Waals surface area (Å²) in [5.74, 6) is -1.59. The molecule has 0 aliphatic heterocycles. The monoisotopic (exact) mass is 272 g/mol. The first-order valence-corrected chi connectivity index (χ1v) is 5.88. The van der Waals surface area contributed by atoms with Crippen LogP contribution in [0.1, 0.15) is 20.7 Å². The summed E-state index contributed by atoms with van der Waals surface area (Å²) >= 11 is 0. The van der Waals surface area contributed by atoms with Gasteiger partial charge in [0, 0.05) is 11.1 Å². The molecule has 0 unspecified atom stereocenters. The molecule has 0 amide bonds. The summed E-state index contributed by atoms with van der Waals surface area (Å²) in [6, 6.07) is 12.2. The molecule has 6 nitrogen and oxygen atoms in total. The Balaban J connectivity index is 2.42. The standard InChI is InChI=1S/C15H4N4O2/c16-5-13(6-17)14(7-18,8-19)15(13)11(20)9-3-1-2-4-10(9)12(15)21/h1-4H. The fourth-order valence-corrected chi connectivity index (χ4v) is 3.35. The molecule has 0 aromatic heterocycles. The van der Waals surface area contributed by atoms with E-state index in [4.69, 9.17) is 0 Å². The molecule has 0 atom stereocenters. The normalized spacial score (nSPS) is 21.5. The number of hydrogen-bond acceptors (Lipinski definition) is 6. The van der Waals surface area contributed by atoms with Crippen LogP contribution < -0.4 is 0 Å². The third-order valence-corrected chi connectivity index (χ3v) is 4.39. The van der Waals surface area contributed by atoms with Gasteiger partial charge in [-0.3, -0.25) is 9.59 Å². The van der Waals surface area contributed by atoms with Gasteiger partial charge in [0.2, 0.25) is 0 Å². The molecule has 1 spiro atoms. The SMILES string of the molecule is N#CC1(C#N)C(C#N)(C#N)C12C(=O)c1ccccc1C2=O. The van der Waals surface area contributed by atoms with Crippen LogP contribution in [0.5, 0.6) is 0 Å². The van der Waals surface area contributed by atoms with Gasteiger partial charge in [0.25, 0.3) is 0 Å². The van der Waals surface area contributed by atoms with Gasteiger partial charge in [-0.25, -0.2) is 0 Å². The molecule has 2 aliphatic carbocycles. The quantitative estimate of drug-likeness (QED) is 0.651. The van der Waals surface area contributed by atoms with Crippen LogP contribution in [0.4, 0.5) is 0 Å². The molecular weight excluding hydrogens is 268 g/mol. The number of ketones is 2. The van der Waals surface area contributed by atoms with Crippen LogP contribution in [0, 0.1) is 61.6 Å². The molecule has 1 fully saturated rings. The summed E-state index contributed by atoms with van der Waals surface area (Å²) in [5, 5.41) is 37.3. The van der Waals surface area contributed by atoms with Gasteiger partial charge in [-0.05, 0) is 0 Å². The first kappa shape index (κ1) is 12.5. The fraction of sp³-hybridized carbons (Fsp3) is 0.200. The van der Waals surface area contributed by atoms with Crippen LogP contribution in [-0.4, -0.2) is 11.6 Å². The van der Waals surface area contributed by atoms with E-state index in [0.29, 0.717) is 0 Å². The van der Waals surface area contributed by atoms with Crippen molar-refractivity contribution in [3.8, 4) is 24.3 Å². The highest BCUT2D eigenvalue weighted by Crippen LogP contribution is 2.80. The van der Waals surface area contributed by atoms with Crippen molar-refractivity contribution in [2.24, 2.45) is 16.2 Å². The van der Waals surface area contributed by atoms with Crippen molar-refractivity contribution >= 4 is 11.6 Å². The van der Waals surface area contributed by atoms with Crippen molar-refractivity contribution in [1.29, 1.82) is 21.0 Å². The van der Waals surface area contributed by atoms with Crippen molar-refractivity contribution in [2.45, 2.75) is 0 Å². The van der Waals surface area contributed by atoms with Crippen LogP contribution >= 0.6 is 0 Å². The molecule has 2 aliphatic rings. The Morgan fingerprint density at radius 2 is 1.05 bits per heavy atom. The summed E-state index contributed by atoms with van der Waals surface area (Å²) in [6.45, 7) is 0. The predicted molar refractivity (Wildman–Crippen MR) is 64.9 cm³/mol. The largest absolute Gasteiger partial charge is 0.293 e. The summed E-state index contributed by atoms with van der Waals surface area (Å²) in [5.41, 5.74) is -6.67. The number of nitriles is 4. The van der Waals surface area contributed by atoms with Crippen molar-refractivity contribution in [2.75, 3.05) is 0 Å². The summed E-state index contributed by atoms with van der Waals surface area (Å²) < 4.78 is 0. The Bertz CT molecular complexity index is 798. The van der Waals surface area contributed by atoms with Crippen molar-refractivity contribution in [3.63, 3.8) is 0 Å². The zero-order valence-corrected chi connectivity index (χ0v) is 10.4. The van der Waals surface area contributed by atoms with E-state index in [1.54, 1.807) is 24.3 Å². The van der Waals surface area contributed by atoms with Gasteiger partial charge in [0.1, 0.15) is 0 Å². The Morgan fingerprint density at radius 3 is 1.33 bits per heavy atom. The molecule has 0 N–H and O–H groups in total. The van der Waals surface area contributed by atoms with Crippen LogP contribution in [-0.2, 0) is 0 Å². The molecule has 96 valence electrons. The first-order valence-electron chi connectivity index (χ1n) is 5.88. The fourth-order valence-electron chi connectivity index (χ4n) is 3.35. The van der Waals surface area contributed by atoms with Crippen molar-refractivity contribution in [3.05, 3.63) is 35.4 Å². The minimum atomic E-state index is -2.27. The highest BCUT2D eigenvalue weighted by atomic mass is 16.2. The Morgan fingerprint density at radius 1 is 0.714 bits per heavy atom. The molecule has 0 heterocycles. The number of carbonyl (C=O) groups is 2. The van der Waals surface area contributed by atoms with Crippen molar-refractivity contribution in [1.82, 2.24) is 0 Å². The number of Topliss-reactive ketones (excluding diaryl/α,β-unsaturated/α-hetero) is 2. The Hall–Kier alpha value is -3.48. The van der Waals surface area contributed by atoms with E-state index in [-0.39, 0.29) is 11.1 Å². The zero-order valence-electron chi connectivity index (χ0n) is 10.4. The van der Waals surface area contributed by atoms with E-state index in [1.165, 1.54) is 24.3 Å². The molecule has 21 heavy (non-hydrogen) atoms. The second-order valence-electron chi connectivity index (χ2n) is 4.90. The number of hydrogen-bond donors (Lipinski definition) is 0. The Kier molecular flexibility index (Phi) is 2.00. The molecule has 6 heteroatoms. The maximum Gasteiger partial charge on any atom is 0.199 e. The third-order valence-electron chi connectivity index (χ3n) is 4.39. The van der Waals surface area contributed by atoms with E-state index in [0.717, 1.165) is 0 Å². The predicted octanol–water partition coefficient (Wildman–Crippen LogP) is 1.13. The van der Waals surface area contributed by atoms with Gasteiger partial charge in [-0.1, -0.05) is 24.3 Å². The first-order chi connectivity index (χ1) is 10.0. The molecule has 1 saturated carbocycles. The highest BCUT2D eigenvalue weighted by Gasteiger charge is 2.99. The second-order valence-corrected chi connectivity index (χ2v) is 4.90. The minimum Gasteiger partial charge on any atom is -0.293 e. The van der Waals surface area contributed by atoms with Crippen LogP contribution in [0.25, 0.3) is 0 Å². The molecule has 0 radical (unpaired) electrons. The lowest BCUT2D eigenvalue weighted by atomic mass is 9.88. The number of carbonyl (C=O) groups excluding carboxylic acids is 2. The average molecular weight is 272 g/mol. The van der Waals surface area contributed by atoms with Gasteiger partial charge in [0.05, 0.1) is 24.3 Å². The van der Waals surface area contributed by atoms with E-state index in [1.807, 2.05) is 0 Å². The average Bonchev–Trinajstić information content (AvgIpc) is 3.02. The van der Waals surface area contributed by atoms with Gasteiger partial charge in [-0.15, -0.1) is 0 Å². The minimum absolute atomic E-state index is 0.0461. The molecule has 1 aromatic carbocycles. The number of benzene rings is 1. The lowest BCUT2D eigenvalue weighted by Crippen LogP contribution is -2.26. The van der Waals surface area contributed by atoms with E-state index >= 15 is 0 Å². The van der Waals surface area contributed by atoms with Gasteiger partial charge in [0.15, 0.2) is 27.8 Å². The number of fused-ring (bicyclic) bond motifs is 1. The van der Waals surface area contributed by atoms with E-state index < -0.39 is 27.8 Å². The van der Waals surface area contributed by atoms with E-state index in [2.05, 4.69) is 0 Å². The maximum atomic E-state index is 12.6. The molecule has 0 saturated heterocycles. The van der Waals surface area contributed by atoms with Crippen LogP contribution in [0.3, 0.4) is 0 Å². The summed E-state index contributed by atoms with van der Waals surface area (Å²) in [7, 11) is 0. The molecular formula is C15H4N4O2. The molecule has 1 aromatic rings. The highest BCUT2D eigenvalue weighted by molar-refractivity contribution is 6.34. The lowest BCUT2D eigenvalue weighted by Gasteiger charge is -2.04. The summed E-state index contributed by atoms with van der Waals surface area (Å²) in [6.07, 6.45) is 0. The number of nitrogens with zero attached hydrogens (tertiary/aromatic N) is 4.